The summed E-state index contributed by atoms with van der Waals surface area (Å²) in [5, 5.41) is 10.3. The highest BCUT2D eigenvalue weighted by atomic mass is 35.5. The molecule has 2 rings (SSSR count). The first-order valence-corrected chi connectivity index (χ1v) is 9.22. The highest BCUT2D eigenvalue weighted by Gasteiger charge is 2.44. The minimum atomic E-state index is -3.40. The molecule has 1 saturated heterocycles. The zero-order valence-electron chi connectivity index (χ0n) is 12.2. The van der Waals surface area contributed by atoms with Gasteiger partial charge in [-0.2, -0.15) is 4.31 Å². The molecule has 6 heteroatoms. The topological polar surface area (TPSA) is 57.4 Å². The fourth-order valence-corrected chi connectivity index (χ4v) is 4.14. The van der Waals surface area contributed by atoms with E-state index in [0.29, 0.717) is 18.0 Å². The molecule has 1 heterocycles. The Balaban J connectivity index is 1.86. The number of hydrogen-bond donors (Lipinski definition) is 1. The number of rotatable bonds is 8. The summed E-state index contributed by atoms with van der Waals surface area (Å²) >= 11 is 5.78. The predicted molar refractivity (Wildman–Crippen MR) is 83.9 cm³/mol. The Labute approximate surface area is 131 Å². The van der Waals surface area contributed by atoms with Gasteiger partial charge in [-0.1, -0.05) is 31.4 Å². The van der Waals surface area contributed by atoms with Crippen LogP contribution >= 0.6 is 11.6 Å². The zero-order chi connectivity index (χ0) is 15.5. The first-order chi connectivity index (χ1) is 9.95. The Kier molecular flexibility index (Phi) is 5.66. The van der Waals surface area contributed by atoms with Crippen molar-refractivity contribution in [3.8, 4) is 0 Å². The number of hydrogen-bond acceptors (Lipinski definition) is 3. The Bertz CT molecular complexity index is 559. The molecular formula is C15H22ClNO3S. The van der Waals surface area contributed by atoms with Crippen LogP contribution in [0.2, 0.25) is 5.02 Å². The minimum Gasteiger partial charge on any atom is -0.393 e. The van der Waals surface area contributed by atoms with Crippen LogP contribution in [0.3, 0.4) is 0 Å². The van der Waals surface area contributed by atoms with Gasteiger partial charge in [0.15, 0.2) is 0 Å². The van der Waals surface area contributed by atoms with Gasteiger partial charge in [0, 0.05) is 17.6 Å². The molecular weight excluding hydrogens is 310 g/mol. The van der Waals surface area contributed by atoms with Gasteiger partial charge in [-0.25, -0.2) is 8.42 Å². The van der Waals surface area contributed by atoms with Gasteiger partial charge in [0.25, 0.3) is 0 Å². The molecule has 1 aromatic rings. The highest BCUT2D eigenvalue weighted by Crippen LogP contribution is 2.32. The van der Waals surface area contributed by atoms with Crippen LogP contribution in [-0.2, 0) is 10.0 Å². The van der Waals surface area contributed by atoms with Crippen molar-refractivity contribution in [2.24, 2.45) is 0 Å². The average Bonchev–Trinajstić information content (AvgIpc) is 3.23. The molecule has 0 aromatic heterocycles. The Morgan fingerprint density at radius 2 is 2.00 bits per heavy atom. The molecule has 0 aliphatic carbocycles. The van der Waals surface area contributed by atoms with Crippen LogP contribution in [-0.4, -0.2) is 36.5 Å². The van der Waals surface area contributed by atoms with Gasteiger partial charge in [-0.15, -0.1) is 0 Å². The Morgan fingerprint density at radius 1 is 1.33 bits per heavy atom. The number of halogens is 1. The molecule has 1 aromatic carbocycles. The van der Waals surface area contributed by atoms with Crippen molar-refractivity contribution in [3.05, 3.63) is 29.3 Å². The molecule has 1 aliphatic rings. The van der Waals surface area contributed by atoms with Crippen molar-refractivity contribution in [1.82, 2.24) is 4.31 Å². The third-order valence-corrected chi connectivity index (χ3v) is 5.99. The summed E-state index contributed by atoms with van der Waals surface area (Å²) in [5.74, 6) is 0. The maximum Gasteiger partial charge on any atom is 0.243 e. The lowest BCUT2D eigenvalue weighted by Crippen LogP contribution is -2.16. The van der Waals surface area contributed by atoms with E-state index < -0.39 is 10.0 Å². The lowest BCUT2D eigenvalue weighted by Gasteiger charge is -2.10. The molecule has 0 saturated carbocycles. The largest absolute Gasteiger partial charge is 0.393 e. The van der Waals surface area contributed by atoms with Crippen LogP contribution < -0.4 is 0 Å². The molecule has 1 fully saturated rings. The molecule has 1 N–H and O–H groups in total. The van der Waals surface area contributed by atoms with Gasteiger partial charge in [-0.05, 0) is 43.5 Å². The summed E-state index contributed by atoms with van der Waals surface area (Å²) in [6.45, 7) is 2.64. The molecule has 0 radical (unpaired) electrons. The second kappa shape index (κ2) is 7.09. The molecule has 3 unspecified atom stereocenters. The van der Waals surface area contributed by atoms with Crippen LogP contribution in [0.5, 0.6) is 0 Å². The molecule has 3 atom stereocenters. The lowest BCUT2D eigenvalue weighted by atomic mass is 10.1. The smallest absolute Gasteiger partial charge is 0.243 e. The molecule has 4 nitrogen and oxygen atoms in total. The van der Waals surface area contributed by atoms with E-state index in [1.807, 2.05) is 0 Å². The van der Waals surface area contributed by atoms with Crippen LogP contribution in [0.15, 0.2) is 29.2 Å². The number of aliphatic hydroxyl groups is 1. The summed E-state index contributed by atoms with van der Waals surface area (Å²) in [6.07, 6.45) is 3.95. The lowest BCUT2D eigenvalue weighted by molar-refractivity contribution is 0.148. The first kappa shape index (κ1) is 16.7. The summed E-state index contributed by atoms with van der Waals surface area (Å²) in [6, 6.07) is 6.26. The Morgan fingerprint density at radius 3 is 2.62 bits per heavy atom. The van der Waals surface area contributed by atoms with E-state index in [0.717, 1.165) is 25.7 Å². The van der Waals surface area contributed by atoms with E-state index in [-0.39, 0.29) is 17.0 Å². The van der Waals surface area contributed by atoms with Crippen molar-refractivity contribution in [2.45, 2.75) is 56.1 Å². The zero-order valence-corrected chi connectivity index (χ0v) is 13.8. The highest BCUT2D eigenvalue weighted by molar-refractivity contribution is 7.89. The maximum absolute atomic E-state index is 12.4. The predicted octanol–water partition coefficient (Wildman–Crippen LogP) is 3.04. The average molecular weight is 332 g/mol. The molecule has 21 heavy (non-hydrogen) atoms. The van der Waals surface area contributed by atoms with Crippen LogP contribution in [0.4, 0.5) is 0 Å². The molecule has 118 valence electrons. The van der Waals surface area contributed by atoms with Crippen LogP contribution in [0.25, 0.3) is 0 Å². The number of benzene rings is 1. The fourth-order valence-electron chi connectivity index (χ4n) is 2.40. The van der Waals surface area contributed by atoms with E-state index in [2.05, 4.69) is 6.92 Å². The van der Waals surface area contributed by atoms with Crippen molar-refractivity contribution >= 4 is 21.6 Å². The normalized spacial score (nSPS) is 23.0. The number of nitrogens with zero attached hydrogens (tertiary/aromatic N) is 1. The van der Waals surface area contributed by atoms with Gasteiger partial charge in [0.1, 0.15) is 0 Å². The van der Waals surface area contributed by atoms with Crippen molar-refractivity contribution < 1.29 is 13.5 Å². The summed E-state index contributed by atoms with van der Waals surface area (Å²) in [7, 11) is -3.40. The molecule has 1 aliphatic heterocycles. The number of unbranched alkanes of at least 4 members (excludes halogenated alkanes) is 1. The van der Waals surface area contributed by atoms with Crippen LogP contribution in [0, 0.1) is 0 Å². The van der Waals surface area contributed by atoms with Gasteiger partial charge in [0.2, 0.25) is 10.0 Å². The van der Waals surface area contributed by atoms with Crippen LogP contribution in [0.1, 0.15) is 39.0 Å². The quantitative estimate of drug-likeness (QED) is 0.745. The van der Waals surface area contributed by atoms with E-state index in [4.69, 9.17) is 11.6 Å². The van der Waals surface area contributed by atoms with E-state index in [1.54, 1.807) is 12.1 Å². The maximum atomic E-state index is 12.4. The van der Waals surface area contributed by atoms with Gasteiger partial charge >= 0.3 is 0 Å². The van der Waals surface area contributed by atoms with Gasteiger partial charge < -0.3 is 5.11 Å². The second-order valence-corrected chi connectivity index (χ2v) is 7.88. The van der Waals surface area contributed by atoms with Gasteiger partial charge in [-0.3, -0.25) is 0 Å². The molecule has 0 spiro atoms. The van der Waals surface area contributed by atoms with Crippen molar-refractivity contribution in [3.63, 3.8) is 0 Å². The third-order valence-electron chi connectivity index (χ3n) is 3.81. The SMILES string of the molecule is CCCCC(O)CCC1CN1S(=O)(=O)c1ccc(Cl)cc1. The summed E-state index contributed by atoms with van der Waals surface area (Å²) in [4.78, 5) is 0.279. The number of aliphatic hydroxyl groups excluding tert-OH is 1. The van der Waals surface area contributed by atoms with E-state index in [9.17, 15) is 13.5 Å². The first-order valence-electron chi connectivity index (χ1n) is 7.40. The number of sulfonamides is 1. The molecule has 0 bridgehead atoms. The van der Waals surface area contributed by atoms with E-state index in [1.165, 1.54) is 16.4 Å². The second-order valence-electron chi connectivity index (χ2n) is 5.56. The monoisotopic (exact) mass is 331 g/mol. The summed E-state index contributed by atoms with van der Waals surface area (Å²) < 4.78 is 26.2. The fraction of sp³-hybridized carbons (Fsp3) is 0.600. The van der Waals surface area contributed by atoms with E-state index >= 15 is 0 Å². The standard InChI is InChI=1S/C15H22ClNO3S/c1-2-3-4-14(18)8-7-13-11-17(13)21(19,20)15-9-5-12(16)6-10-15/h5-6,9-10,13-14,18H,2-4,7-8,11H2,1H3. The summed E-state index contributed by atoms with van der Waals surface area (Å²) in [5.41, 5.74) is 0. The third kappa shape index (κ3) is 4.42. The van der Waals surface area contributed by atoms with Crippen molar-refractivity contribution in [2.75, 3.05) is 6.54 Å². The minimum absolute atomic E-state index is 0.0296. The van der Waals surface area contributed by atoms with Gasteiger partial charge in [0.05, 0.1) is 11.0 Å². The Hall–Kier alpha value is -0.620. The molecule has 0 amide bonds. The van der Waals surface area contributed by atoms with Crippen molar-refractivity contribution in [1.29, 1.82) is 0 Å².